The van der Waals surface area contributed by atoms with Gasteiger partial charge in [0.15, 0.2) is 5.75 Å². The van der Waals surface area contributed by atoms with E-state index >= 15 is 0 Å². The first-order valence-corrected chi connectivity index (χ1v) is 6.99. The van der Waals surface area contributed by atoms with Gasteiger partial charge in [-0.3, -0.25) is 4.90 Å². The molecule has 0 unspecified atom stereocenters. The maximum atomic E-state index is 6.03. The second-order valence-corrected chi connectivity index (χ2v) is 5.38. The summed E-state index contributed by atoms with van der Waals surface area (Å²) in [5.41, 5.74) is 0.903. The number of halogens is 2. The van der Waals surface area contributed by atoms with Gasteiger partial charge in [0.25, 0.3) is 0 Å². The molecule has 1 heterocycles. The summed E-state index contributed by atoms with van der Waals surface area (Å²) in [4.78, 5) is 2.09. The minimum atomic E-state index is 0.497. The molecule has 0 aliphatic rings. The van der Waals surface area contributed by atoms with Gasteiger partial charge in [0.2, 0.25) is 0 Å². The van der Waals surface area contributed by atoms with Crippen molar-refractivity contribution in [1.29, 1.82) is 0 Å². The molecule has 0 atom stereocenters. The summed E-state index contributed by atoms with van der Waals surface area (Å²) in [5.74, 6) is 1.34. The summed E-state index contributed by atoms with van der Waals surface area (Å²) in [6.45, 7) is 3.81. The van der Waals surface area contributed by atoms with Crippen LogP contribution in [0, 0.1) is 6.92 Å². The standard InChI is InChI=1S/C14H16Cl2N2O2/c1-10-8-11(17-20-10)9-18(2)6-7-19-14-12(15)4-3-5-13(14)16/h3-5,8H,6-7,9H2,1-2H3. The topological polar surface area (TPSA) is 38.5 Å². The minimum absolute atomic E-state index is 0.497. The molecule has 6 heteroatoms. The molecule has 0 aliphatic heterocycles. The Morgan fingerprint density at radius 2 is 2.00 bits per heavy atom. The molecule has 20 heavy (non-hydrogen) atoms. The molecular formula is C14H16Cl2N2O2. The second kappa shape index (κ2) is 6.97. The molecule has 0 aliphatic carbocycles. The molecule has 1 aromatic heterocycles. The third kappa shape index (κ3) is 4.13. The van der Waals surface area contributed by atoms with E-state index in [0.717, 1.165) is 18.0 Å². The first-order chi connectivity index (χ1) is 9.56. The van der Waals surface area contributed by atoms with E-state index in [4.69, 9.17) is 32.5 Å². The van der Waals surface area contributed by atoms with E-state index in [1.54, 1.807) is 18.2 Å². The van der Waals surface area contributed by atoms with E-state index in [-0.39, 0.29) is 0 Å². The zero-order valence-electron chi connectivity index (χ0n) is 11.4. The van der Waals surface area contributed by atoms with Crippen LogP contribution in [0.2, 0.25) is 10.0 Å². The minimum Gasteiger partial charge on any atom is -0.489 e. The van der Waals surface area contributed by atoms with Gasteiger partial charge in [-0.25, -0.2) is 0 Å². The number of nitrogens with zero attached hydrogens (tertiary/aromatic N) is 2. The monoisotopic (exact) mass is 314 g/mol. The molecule has 4 nitrogen and oxygen atoms in total. The highest BCUT2D eigenvalue weighted by Gasteiger charge is 2.08. The van der Waals surface area contributed by atoms with Crippen LogP contribution in [0.15, 0.2) is 28.8 Å². The lowest BCUT2D eigenvalue weighted by molar-refractivity contribution is 0.229. The van der Waals surface area contributed by atoms with E-state index in [2.05, 4.69) is 10.1 Å². The molecule has 0 N–H and O–H groups in total. The Kier molecular flexibility index (Phi) is 5.29. The lowest BCUT2D eigenvalue weighted by atomic mass is 10.3. The smallest absolute Gasteiger partial charge is 0.156 e. The van der Waals surface area contributed by atoms with Crippen LogP contribution < -0.4 is 4.74 Å². The number of benzene rings is 1. The van der Waals surface area contributed by atoms with Crippen molar-refractivity contribution < 1.29 is 9.26 Å². The largest absolute Gasteiger partial charge is 0.489 e. The number of hydrogen-bond acceptors (Lipinski definition) is 4. The normalized spacial score (nSPS) is 11.1. The molecule has 0 fully saturated rings. The number of rotatable bonds is 6. The predicted octanol–water partition coefficient (Wildman–Crippen LogP) is 3.80. The lowest BCUT2D eigenvalue weighted by Crippen LogP contribution is -2.24. The molecule has 1 aromatic carbocycles. The van der Waals surface area contributed by atoms with Crippen LogP contribution in [0.25, 0.3) is 0 Å². The summed E-state index contributed by atoms with van der Waals surface area (Å²) >= 11 is 12.1. The van der Waals surface area contributed by atoms with Gasteiger partial charge in [-0.1, -0.05) is 34.4 Å². The van der Waals surface area contributed by atoms with Gasteiger partial charge in [-0.05, 0) is 26.1 Å². The van der Waals surface area contributed by atoms with Crippen molar-refractivity contribution in [3.05, 3.63) is 45.8 Å². The zero-order chi connectivity index (χ0) is 14.5. The average Bonchev–Trinajstić information content (AvgIpc) is 2.78. The van der Waals surface area contributed by atoms with E-state index < -0.39 is 0 Å². The van der Waals surface area contributed by atoms with Gasteiger partial charge in [0, 0.05) is 19.2 Å². The third-order valence-corrected chi connectivity index (χ3v) is 3.34. The molecule has 2 aromatic rings. The summed E-state index contributed by atoms with van der Waals surface area (Å²) in [6.07, 6.45) is 0. The highest BCUT2D eigenvalue weighted by molar-refractivity contribution is 6.37. The summed E-state index contributed by atoms with van der Waals surface area (Å²) in [6, 6.07) is 7.22. The van der Waals surface area contributed by atoms with Crippen LogP contribution in [0.1, 0.15) is 11.5 Å². The van der Waals surface area contributed by atoms with Gasteiger partial charge >= 0.3 is 0 Å². The molecule has 0 saturated heterocycles. The van der Waals surface area contributed by atoms with Crippen molar-refractivity contribution in [3.63, 3.8) is 0 Å². The Morgan fingerprint density at radius 3 is 2.60 bits per heavy atom. The Bertz CT molecular complexity index is 552. The highest BCUT2D eigenvalue weighted by atomic mass is 35.5. The van der Waals surface area contributed by atoms with Crippen molar-refractivity contribution in [1.82, 2.24) is 10.1 Å². The fourth-order valence-electron chi connectivity index (χ4n) is 1.77. The SMILES string of the molecule is Cc1cc(CN(C)CCOc2c(Cl)cccc2Cl)no1. The first-order valence-electron chi connectivity index (χ1n) is 6.24. The fraction of sp³-hybridized carbons (Fsp3) is 0.357. The Morgan fingerprint density at radius 1 is 1.30 bits per heavy atom. The van der Waals surface area contributed by atoms with Gasteiger partial charge < -0.3 is 9.26 Å². The second-order valence-electron chi connectivity index (χ2n) is 4.57. The molecule has 108 valence electrons. The molecule has 0 amide bonds. The molecule has 0 radical (unpaired) electrons. The van der Waals surface area contributed by atoms with Gasteiger partial charge in [-0.15, -0.1) is 0 Å². The molecule has 0 bridgehead atoms. The Labute approximate surface area is 128 Å². The zero-order valence-corrected chi connectivity index (χ0v) is 12.9. The molecule has 0 spiro atoms. The number of para-hydroxylation sites is 1. The van der Waals surface area contributed by atoms with E-state index in [1.165, 1.54) is 0 Å². The predicted molar refractivity (Wildman–Crippen MR) is 79.5 cm³/mol. The number of hydrogen-bond donors (Lipinski definition) is 0. The maximum Gasteiger partial charge on any atom is 0.156 e. The van der Waals surface area contributed by atoms with Gasteiger partial charge in [-0.2, -0.15) is 0 Å². The van der Waals surface area contributed by atoms with Crippen molar-refractivity contribution in [2.24, 2.45) is 0 Å². The van der Waals surface area contributed by atoms with Crippen LogP contribution in [-0.4, -0.2) is 30.3 Å². The number of ether oxygens (including phenoxy) is 1. The van der Waals surface area contributed by atoms with E-state index in [1.807, 2.05) is 20.0 Å². The quantitative estimate of drug-likeness (QED) is 0.813. The van der Waals surface area contributed by atoms with E-state index in [9.17, 15) is 0 Å². The maximum absolute atomic E-state index is 6.03. The number of likely N-dealkylation sites (N-methyl/N-ethyl adjacent to an activating group) is 1. The summed E-state index contributed by atoms with van der Waals surface area (Å²) < 4.78 is 10.7. The third-order valence-electron chi connectivity index (χ3n) is 2.75. The first kappa shape index (κ1) is 15.2. The summed E-state index contributed by atoms with van der Waals surface area (Å²) in [7, 11) is 1.99. The molecular weight excluding hydrogens is 299 g/mol. The number of aryl methyl sites for hydroxylation is 1. The average molecular weight is 315 g/mol. The van der Waals surface area contributed by atoms with Gasteiger partial charge in [0.05, 0.1) is 15.7 Å². The van der Waals surface area contributed by atoms with Crippen LogP contribution in [0.3, 0.4) is 0 Å². The van der Waals surface area contributed by atoms with Crippen molar-refractivity contribution in [3.8, 4) is 5.75 Å². The van der Waals surface area contributed by atoms with Crippen LogP contribution in [0.4, 0.5) is 0 Å². The van der Waals surface area contributed by atoms with Crippen molar-refractivity contribution in [2.45, 2.75) is 13.5 Å². The van der Waals surface area contributed by atoms with Crippen LogP contribution >= 0.6 is 23.2 Å². The van der Waals surface area contributed by atoms with Gasteiger partial charge in [0.1, 0.15) is 12.4 Å². The number of aromatic nitrogens is 1. The van der Waals surface area contributed by atoms with Crippen molar-refractivity contribution in [2.75, 3.05) is 20.2 Å². The molecule has 2 rings (SSSR count). The lowest BCUT2D eigenvalue weighted by Gasteiger charge is -2.16. The fourth-order valence-corrected chi connectivity index (χ4v) is 2.28. The highest BCUT2D eigenvalue weighted by Crippen LogP contribution is 2.32. The Hall–Kier alpha value is -1.23. The Balaban J connectivity index is 1.81. The van der Waals surface area contributed by atoms with Crippen LogP contribution in [0.5, 0.6) is 5.75 Å². The van der Waals surface area contributed by atoms with Crippen molar-refractivity contribution >= 4 is 23.2 Å². The van der Waals surface area contributed by atoms with E-state index in [0.29, 0.717) is 28.9 Å². The summed E-state index contributed by atoms with van der Waals surface area (Å²) in [5, 5.41) is 4.99. The molecule has 0 saturated carbocycles. The van der Waals surface area contributed by atoms with Crippen LogP contribution in [-0.2, 0) is 6.54 Å².